The van der Waals surface area contributed by atoms with Gasteiger partial charge in [-0.2, -0.15) is 0 Å². The van der Waals surface area contributed by atoms with E-state index in [-0.39, 0.29) is 6.10 Å². The van der Waals surface area contributed by atoms with E-state index in [1.807, 2.05) is 13.0 Å². The fourth-order valence-corrected chi connectivity index (χ4v) is 1.99. The molecule has 0 radical (unpaired) electrons. The van der Waals surface area contributed by atoms with E-state index in [4.69, 9.17) is 4.74 Å². The number of aliphatic hydroxyl groups is 1. The number of ether oxygens (including phenoxy) is 1. The average Bonchev–Trinajstić information content (AvgIpc) is 2.31. The fourth-order valence-electron chi connectivity index (χ4n) is 1.99. The predicted octanol–water partition coefficient (Wildman–Crippen LogP) is 3.54. The normalized spacial score (nSPS) is 14.6. The van der Waals surface area contributed by atoms with Gasteiger partial charge in [-0.1, -0.05) is 31.5 Å². The molecule has 2 unspecified atom stereocenters. The second-order valence-corrected chi connectivity index (χ2v) is 4.57. The molecular formula is C15H24O2. The Morgan fingerprint density at radius 1 is 1.18 bits per heavy atom. The topological polar surface area (TPSA) is 29.5 Å². The van der Waals surface area contributed by atoms with Gasteiger partial charge in [0.2, 0.25) is 0 Å². The van der Waals surface area contributed by atoms with E-state index in [9.17, 15) is 5.11 Å². The van der Waals surface area contributed by atoms with Gasteiger partial charge in [-0.05, 0) is 43.9 Å². The van der Waals surface area contributed by atoms with E-state index in [1.54, 1.807) is 0 Å². The van der Waals surface area contributed by atoms with Gasteiger partial charge in [0.25, 0.3) is 0 Å². The van der Waals surface area contributed by atoms with Gasteiger partial charge in [-0.25, -0.2) is 0 Å². The maximum atomic E-state index is 10.3. The summed E-state index contributed by atoms with van der Waals surface area (Å²) in [4.78, 5) is 0. The first kappa shape index (κ1) is 14.2. The molecule has 96 valence electrons. The summed E-state index contributed by atoms with van der Waals surface area (Å²) >= 11 is 0. The van der Waals surface area contributed by atoms with Gasteiger partial charge in [-0.15, -0.1) is 0 Å². The number of hydrogen-bond donors (Lipinski definition) is 1. The first-order valence-electron chi connectivity index (χ1n) is 6.47. The van der Waals surface area contributed by atoms with Crippen molar-refractivity contribution in [2.24, 2.45) is 0 Å². The standard InChI is InChI=1S/C15H24O2/c1-5-7-14(17-6-2)15(16)13-9-8-11(3)12(4)10-13/h8-10,14-16H,5-7H2,1-4H3. The van der Waals surface area contributed by atoms with Crippen molar-refractivity contribution in [3.05, 3.63) is 34.9 Å². The number of rotatable bonds is 6. The van der Waals surface area contributed by atoms with Crippen LogP contribution in [0.1, 0.15) is 49.5 Å². The van der Waals surface area contributed by atoms with E-state index < -0.39 is 6.10 Å². The first-order chi connectivity index (χ1) is 8.10. The summed E-state index contributed by atoms with van der Waals surface area (Å²) in [5.41, 5.74) is 3.43. The van der Waals surface area contributed by atoms with Crippen LogP contribution in [0, 0.1) is 13.8 Å². The number of benzene rings is 1. The van der Waals surface area contributed by atoms with Crippen LogP contribution in [-0.4, -0.2) is 17.8 Å². The molecule has 2 heteroatoms. The lowest BCUT2D eigenvalue weighted by Gasteiger charge is -2.23. The van der Waals surface area contributed by atoms with E-state index in [0.29, 0.717) is 6.61 Å². The summed E-state index contributed by atoms with van der Waals surface area (Å²) < 4.78 is 5.62. The van der Waals surface area contributed by atoms with Crippen molar-refractivity contribution in [1.82, 2.24) is 0 Å². The Labute approximate surface area is 105 Å². The summed E-state index contributed by atoms with van der Waals surface area (Å²) in [6.07, 6.45) is 1.30. The molecular weight excluding hydrogens is 212 g/mol. The van der Waals surface area contributed by atoms with Gasteiger partial charge in [0.05, 0.1) is 6.10 Å². The second-order valence-electron chi connectivity index (χ2n) is 4.57. The van der Waals surface area contributed by atoms with Gasteiger partial charge in [0, 0.05) is 6.61 Å². The largest absolute Gasteiger partial charge is 0.386 e. The van der Waals surface area contributed by atoms with Crippen molar-refractivity contribution in [2.75, 3.05) is 6.61 Å². The molecule has 1 aromatic rings. The minimum atomic E-state index is -0.519. The van der Waals surface area contributed by atoms with Crippen molar-refractivity contribution in [1.29, 1.82) is 0 Å². The zero-order valence-corrected chi connectivity index (χ0v) is 11.4. The Kier molecular flexibility index (Phi) is 5.66. The smallest absolute Gasteiger partial charge is 0.105 e. The average molecular weight is 236 g/mol. The monoisotopic (exact) mass is 236 g/mol. The summed E-state index contributed by atoms with van der Waals surface area (Å²) in [7, 11) is 0. The highest BCUT2D eigenvalue weighted by atomic mass is 16.5. The molecule has 1 rings (SSSR count). The Hall–Kier alpha value is -0.860. The highest BCUT2D eigenvalue weighted by Gasteiger charge is 2.20. The highest BCUT2D eigenvalue weighted by molar-refractivity contribution is 5.31. The van der Waals surface area contributed by atoms with Gasteiger partial charge >= 0.3 is 0 Å². The Bertz CT molecular complexity index is 341. The first-order valence-corrected chi connectivity index (χ1v) is 6.47. The molecule has 0 spiro atoms. The lowest BCUT2D eigenvalue weighted by molar-refractivity contribution is -0.0384. The lowest BCUT2D eigenvalue weighted by atomic mass is 9.97. The maximum Gasteiger partial charge on any atom is 0.105 e. The molecule has 2 atom stereocenters. The molecule has 17 heavy (non-hydrogen) atoms. The van der Waals surface area contributed by atoms with Crippen LogP contribution in [0.4, 0.5) is 0 Å². The molecule has 1 aromatic carbocycles. The predicted molar refractivity (Wildman–Crippen MR) is 71.2 cm³/mol. The second kappa shape index (κ2) is 6.77. The third-order valence-corrected chi connectivity index (χ3v) is 3.18. The molecule has 0 heterocycles. The fraction of sp³-hybridized carbons (Fsp3) is 0.600. The Morgan fingerprint density at radius 2 is 1.88 bits per heavy atom. The molecule has 0 aliphatic rings. The van der Waals surface area contributed by atoms with Crippen LogP contribution < -0.4 is 0 Å². The van der Waals surface area contributed by atoms with Gasteiger partial charge in [-0.3, -0.25) is 0 Å². The van der Waals surface area contributed by atoms with Crippen LogP contribution in [0.2, 0.25) is 0 Å². The maximum absolute atomic E-state index is 10.3. The molecule has 0 bridgehead atoms. The van der Waals surface area contributed by atoms with Gasteiger partial charge in [0.1, 0.15) is 6.10 Å². The summed E-state index contributed by atoms with van der Waals surface area (Å²) in [6, 6.07) is 6.11. The van der Waals surface area contributed by atoms with Crippen LogP contribution in [0.3, 0.4) is 0 Å². The minimum absolute atomic E-state index is 0.0906. The molecule has 0 saturated carbocycles. The van der Waals surface area contributed by atoms with E-state index in [2.05, 4.69) is 32.9 Å². The third kappa shape index (κ3) is 3.83. The number of hydrogen-bond acceptors (Lipinski definition) is 2. The molecule has 0 fully saturated rings. The van der Waals surface area contributed by atoms with E-state index in [1.165, 1.54) is 11.1 Å². The molecule has 0 aromatic heterocycles. The summed E-state index contributed by atoms with van der Waals surface area (Å²) in [6.45, 7) is 8.88. The molecule has 0 amide bonds. The van der Waals surface area contributed by atoms with Crippen molar-refractivity contribution in [3.63, 3.8) is 0 Å². The van der Waals surface area contributed by atoms with Crippen LogP contribution in [0.5, 0.6) is 0 Å². The Morgan fingerprint density at radius 3 is 2.41 bits per heavy atom. The number of aryl methyl sites for hydroxylation is 2. The van der Waals surface area contributed by atoms with Gasteiger partial charge < -0.3 is 9.84 Å². The van der Waals surface area contributed by atoms with Crippen LogP contribution in [0.25, 0.3) is 0 Å². The summed E-state index contributed by atoms with van der Waals surface area (Å²) in [5, 5.41) is 10.3. The Balaban J connectivity index is 2.84. The van der Waals surface area contributed by atoms with Crippen LogP contribution in [0.15, 0.2) is 18.2 Å². The zero-order chi connectivity index (χ0) is 12.8. The molecule has 0 aliphatic heterocycles. The summed E-state index contributed by atoms with van der Waals surface area (Å²) in [5.74, 6) is 0. The number of aliphatic hydroxyl groups excluding tert-OH is 1. The molecule has 0 saturated heterocycles. The lowest BCUT2D eigenvalue weighted by Crippen LogP contribution is -2.22. The zero-order valence-electron chi connectivity index (χ0n) is 11.4. The van der Waals surface area contributed by atoms with Crippen molar-refractivity contribution < 1.29 is 9.84 Å². The van der Waals surface area contributed by atoms with Gasteiger partial charge in [0.15, 0.2) is 0 Å². The molecule has 1 N–H and O–H groups in total. The minimum Gasteiger partial charge on any atom is -0.386 e. The molecule has 2 nitrogen and oxygen atoms in total. The molecule has 0 aliphatic carbocycles. The van der Waals surface area contributed by atoms with Crippen LogP contribution in [-0.2, 0) is 4.74 Å². The third-order valence-electron chi connectivity index (χ3n) is 3.18. The van der Waals surface area contributed by atoms with E-state index in [0.717, 1.165) is 18.4 Å². The van der Waals surface area contributed by atoms with Crippen molar-refractivity contribution in [3.8, 4) is 0 Å². The quantitative estimate of drug-likeness (QED) is 0.818. The van der Waals surface area contributed by atoms with E-state index >= 15 is 0 Å². The van der Waals surface area contributed by atoms with Crippen molar-refractivity contribution >= 4 is 0 Å². The SMILES string of the molecule is CCCC(OCC)C(O)c1ccc(C)c(C)c1. The highest BCUT2D eigenvalue weighted by Crippen LogP contribution is 2.24. The van der Waals surface area contributed by atoms with Crippen molar-refractivity contribution in [2.45, 2.75) is 52.7 Å². The van der Waals surface area contributed by atoms with Crippen LogP contribution >= 0.6 is 0 Å².